The van der Waals surface area contributed by atoms with Crippen molar-refractivity contribution in [2.24, 2.45) is 0 Å². The Morgan fingerprint density at radius 2 is 0.300 bits per heavy atom. The monoisotopic (exact) mass is 1900 g/mol. The molecule has 0 amide bonds. The lowest BCUT2D eigenvalue weighted by Crippen LogP contribution is -2.64. The second-order valence-electron chi connectivity index (χ2n) is 33.5. The Morgan fingerprint density at radius 1 is 0.162 bits per heavy atom. The van der Waals surface area contributed by atoms with Crippen LogP contribution in [0.5, 0.6) is 0 Å². The molecule has 0 aromatic heterocycles. The van der Waals surface area contributed by atoms with Crippen molar-refractivity contribution in [1.82, 2.24) is 4.90 Å². The van der Waals surface area contributed by atoms with Crippen molar-refractivity contribution in [2.75, 3.05) is 480 Å². The van der Waals surface area contributed by atoms with Gasteiger partial charge in [0.15, 0.2) is 0 Å². The van der Waals surface area contributed by atoms with Gasteiger partial charge in [-0.05, 0) is 51.5 Å². The number of ether oxygens (including phenoxy) is 12. The van der Waals surface area contributed by atoms with Crippen LogP contribution in [-0.4, -0.2) is 567 Å². The zero-order valence-corrected chi connectivity index (χ0v) is 78.6. The molecule has 0 aromatic carbocycles. The molecular formula is C82H171N12O36-7. The molecule has 130 heavy (non-hydrogen) atoms. The molecule has 0 spiro atoms. The smallest absolute Gasteiger partial charge is 0.129 e. The standard InChI is InChI=1S/C82H171N12O36/c1-2-13-84(108,40-59-119-71-77-125-65-53-102)22-34-92(116,43-62-122-74-80-128-68-56-105)37-31-90(114,28-23-86(110,16-6-49-98)17-7-50-99)32-38-94(118,45-64-124-76-82-130-70-58-107)39-33-91(115,29-24-87(111,18-8-51-100)41-60-120-72-78-126-66-54-103)30-26-89(113,21-12-83(10-3-46-95)11-20-85(109,14-4-47-96)15-5-48-97)27-36-93(117,44-63-123-75-81-129-69-57-106)35-25-88(112,19-9-52-101)42-61-121-73-79-127-67-55-104/h102-107H,2-82H2,1H3/q-7. The molecular weight excluding hydrogens is 1730 g/mol. The number of hydrogen-bond acceptors (Lipinski definition) is 37. The highest BCUT2D eigenvalue weighted by Gasteiger charge is 2.37. The van der Waals surface area contributed by atoms with E-state index in [1.54, 1.807) is 11.8 Å². The van der Waals surface area contributed by atoms with Crippen LogP contribution in [0.25, 0.3) is 0 Å². The van der Waals surface area contributed by atoms with E-state index in [1.807, 2.05) is 0 Å². The largest absolute Gasteiger partial charge is 0.854 e. The predicted molar refractivity (Wildman–Crippen MR) is 466 cm³/mol. The highest BCUT2D eigenvalue weighted by atomic mass is 16.6. The van der Waals surface area contributed by atoms with Gasteiger partial charge in [0.1, 0.15) is 157 Å². The second kappa shape index (κ2) is 78.8. The lowest BCUT2D eigenvalue weighted by Gasteiger charge is -2.54. The normalized spacial score (nSPS) is 16.8. The number of aliphatic hydroxyl groups excluding tert-OH is 6. The van der Waals surface area contributed by atoms with Crippen molar-refractivity contribution >= 4 is 0 Å². The zero-order valence-electron chi connectivity index (χ0n) is 78.6. The van der Waals surface area contributed by atoms with Crippen molar-refractivity contribution < 1.29 is 174 Å². The summed E-state index contributed by atoms with van der Waals surface area (Å²) in [7, 11) is 0. The molecule has 0 saturated carbocycles. The van der Waals surface area contributed by atoms with Gasteiger partial charge in [0.05, 0.1) is 257 Å². The summed E-state index contributed by atoms with van der Waals surface area (Å²) >= 11 is 0. The van der Waals surface area contributed by atoms with E-state index in [4.69, 9.17) is 67.1 Å². The van der Waals surface area contributed by atoms with Gasteiger partial charge in [0, 0.05) is 13.1 Å². The summed E-state index contributed by atoms with van der Waals surface area (Å²) in [5.41, 5.74) is 0. The van der Waals surface area contributed by atoms with E-state index in [0.29, 0.717) is 6.42 Å². The van der Waals surface area contributed by atoms with Crippen molar-refractivity contribution in [1.29, 1.82) is 0 Å². The van der Waals surface area contributed by atoms with Gasteiger partial charge < -0.3 is 232 Å². The third-order valence-electron chi connectivity index (χ3n) is 22.9. The topological polar surface area (TPSA) is 650 Å². The Balaban J connectivity index is 9.07. The van der Waals surface area contributed by atoms with Gasteiger partial charge in [0.2, 0.25) is 0 Å². The van der Waals surface area contributed by atoms with Crippen LogP contribution in [0.15, 0.2) is 0 Å². The summed E-state index contributed by atoms with van der Waals surface area (Å²) in [4.78, 5) is 1.69. The van der Waals surface area contributed by atoms with Gasteiger partial charge in [-0.15, -0.1) is 46.2 Å². The van der Waals surface area contributed by atoms with E-state index in [1.165, 1.54) is 0 Å². The molecule has 9 atom stereocenters. The maximum atomic E-state index is 16.7. The minimum absolute atomic E-state index is 0.000975. The molecule has 0 radical (unpaired) electrons. The number of hydroxylamine groups is 33. The summed E-state index contributed by atoms with van der Waals surface area (Å²) in [6.07, 6.45) is -0.130. The molecule has 6 N–H and O–H groups in total. The number of nitrogens with zero attached hydrogens (tertiary/aromatic N) is 12. The zero-order chi connectivity index (χ0) is 96.8. The molecule has 0 aliphatic rings. The molecule has 0 heterocycles. The van der Waals surface area contributed by atoms with Gasteiger partial charge in [0.25, 0.3) is 0 Å². The van der Waals surface area contributed by atoms with Crippen molar-refractivity contribution in [3.8, 4) is 0 Å². The Hall–Kier alpha value is -1.92. The SMILES string of the molecule is CCC[N+]([O-])(CCOCCOCCO)CC[N+]([O-])(CCOCCOCCO)CC[N+]([O-])(CC[N+]([O-])(CCC[O-])CCC[O-])CC[N+]([O-])(CCOCCOCCO)CC[N+]([O-])(CC[N+]([O-])(CCC[O-])CCOCCOCCO)CC[N+]([O-])(CCN(CCC[O-])CC[N+]([O-])(CCC[O-])CCC[O-])CC[N+]([O-])(CCOCCOCCO)CC[N+]([O-])(CCC[O-])CCOCCOCCO. The Labute approximate surface area is 772 Å². The molecule has 0 aliphatic carbocycles. The fraction of sp³-hybridized carbons (Fsp3) is 1.00. The minimum Gasteiger partial charge on any atom is -0.854 e. The Bertz CT molecular complexity index is 2520. The molecule has 0 fully saturated rings. The van der Waals surface area contributed by atoms with Gasteiger partial charge in [-0.1, -0.05) is 13.3 Å². The maximum Gasteiger partial charge on any atom is 0.129 e. The molecule has 782 valence electrons. The van der Waals surface area contributed by atoms with Crippen LogP contribution in [0.3, 0.4) is 0 Å². The number of rotatable bonds is 104. The van der Waals surface area contributed by atoms with Crippen LogP contribution in [-0.2, 0) is 56.8 Å². The van der Waals surface area contributed by atoms with E-state index in [0.717, 1.165) is 0 Å². The first-order chi connectivity index (χ1) is 62.3. The third kappa shape index (κ3) is 67.4. The quantitative estimate of drug-likeness (QED) is 0.0187. The van der Waals surface area contributed by atoms with E-state index in [2.05, 4.69) is 0 Å². The lowest BCUT2D eigenvalue weighted by molar-refractivity contribution is -0.993. The predicted octanol–water partition coefficient (Wildman–Crippen LogP) is -9.44. The molecule has 0 rings (SSSR count). The summed E-state index contributed by atoms with van der Waals surface area (Å²) < 4.78 is 53.2. The van der Waals surface area contributed by atoms with E-state index >= 15 is 36.5 Å². The average molecular weight is 1900 g/mol. The summed E-state index contributed by atoms with van der Waals surface area (Å²) in [6.45, 7) is -19.3. The average Bonchev–Trinajstić information content (AvgIpc) is 0.828. The summed E-state index contributed by atoms with van der Waals surface area (Å²) in [6, 6.07) is 0. The van der Waals surface area contributed by atoms with Crippen LogP contribution >= 0.6 is 0 Å². The second-order valence-corrected chi connectivity index (χ2v) is 33.5. The van der Waals surface area contributed by atoms with Crippen LogP contribution in [0, 0.1) is 57.3 Å². The third-order valence-corrected chi connectivity index (χ3v) is 22.9. The first-order valence-electron chi connectivity index (χ1n) is 46.9. The fourth-order valence-corrected chi connectivity index (χ4v) is 14.5. The first-order valence-corrected chi connectivity index (χ1v) is 46.9. The summed E-state index contributed by atoms with van der Waals surface area (Å²) in [5, 5.41) is 310. The first kappa shape index (κ1) is 128. The minimum atomic E-state index is -1.51. The fourth-order valence-electron chi connectivity index (χ4n) is 14.5. The highest BCUT2D eigenvalue weighted by molar-refractivity contribution is 4.66. The molecule has 48 heteroatoms. The maximum absolute atomic E-state index is 16.7. The number of aliphatic hydroxyl groups is 6. The van der Waals surface area contributed by atoms with Crippen LogP contribution in [0.1, 0.15) is 58.3 Å². The van der Waals surface area contributed by atoms with Crippen molar-refractivity contribution in [2.45, 2.75) is 58.3 Å². The van der Waals surface area contributed by atoms with Gasteiger partial charge in [-0.2, -0.15) is 0 Å². The van der Waals surface area contributed by atoms with Gasteiger partial charge >= 0.3 is 0 Å². The van der Waals surface area contributed by atoms with Crippen LogP contribution in [0.4, 0.5) is 0 Å². The van der Waals surface area contributed by atoms with Gasteiger partial charge in [-0.25, -0.2) is 0 Å². The molecule has 0 aromatic rings. The van der Waals surface area contributed by atoms with E-state index < -0.39 is 215 Å². The molecule has 48 nitrogen and oxygen atoms in total. The molecule has 9 unspecified atom stereocenters. The number of hydrogen-bond donors (Lipinski definition) is 6. The molecule has 0 saturated heterocycles. The van der Waals surface area contributed by atoms with Crippen molar-refractivity contribution in [3.63, 3.8) is 0 Å². The number of quaternary nitrogens is 11. The Kier molecular flexibility index (Phi) is 77.7. The lowest BCUT2D eigenvalue weighted by atomic mass is 10.2. The van der Waals surface area contributed by atoms with Crippen molar-refractivity contribution in [3.05, 3.63) is 57.3 Å². The molecule has 0 bridgehead atoms. The highest BCUT2D eigenvalue weighted by Crippen LogP contribution is 2.23. The van der Waals surface area contributed by atoms with Crippen LogP contribution in [0.2, 0.25) is 0 Å². The van der Waals surface area contributed by atoms with E-state index in [9.17, 15) is 77.0 Å². The van der Waals surface area contributed by atoms with E-state index in [-0.39, 0.29) is 361 Å². The van der Waals surface area contributed by atoms with Crippen LogP contribution < -0.4 is 35.7 Å². The summed E-state index contributed by atoms with van der Waals surface area (Å²) in [5.74, 6) is 0. The molecule has 0 aliphatic heterocycles. The Morgan fingerprint density at radius 3 is 0.469 bits per heavy atom. The van der Waals surface area contributed by atoms with Gasteiger partial charge in [-0.3, -0.25) is 4.90 Å².